The molecule has 1 aromatic rings. The highest BCUT2D eigenvalue weighted by atomic mass is 16.5. The fourth-order valence-electron chi connectivity index (χ4n) is 5.64. The number of Topliss-reactive ketones (excluding diaryl/α,β-unsaturated/α-hetero) is 1. The van der Waals surface area contributed by atoms with Crippen molar-refractivity contribution in [3.05, 3.63) is 47.0 Å². The van der Waals surface area contributed by atoms with Crippen LogP contribution in [0.1, 0.15) is 37.8 Å². The molecule has 5 unspecified atom stereocenters. The van der Waals surface area contributed by atoms with E-state index >= 15 is 0 Å². The quantitative estimate of drug-likeness (QED) is 0.255. The lowest BCUT2D eigenvalue weighted by Crippen LogP contribution is -2.73. The van der Waals surface area contributed by atoms with E-state index < -0.39 is 65.1 Å². The number of ketones is 2. The zero-order chi connectivity index (χ0) is 27.7. The van der Waals surface area contributed by atoms with Gasteiger partial charge in [0.05, 0.1) is 6.04 Å². The number of fused-ring (bicyclic) bond motifs is 3. The van der Waals surface area contributed by atoms with Crippen molar-refractivity contribution in [3.8, 4) is 0 Å². The van der Waals surface area contributed by atoms with Crippen molar-refractivity contribution in [1.29, 1.82) is 0 Å². The third-order valence-electron chi connectivity index (χ3n) is 7.20. The molecule has 1 aromatic carbocycles. The number of amides is 2. The molecular formula is C26H33N3O8. The predicted molar refractivity (Wildman–Crippen MR) is 131 cm³/mol. The number of likely N-dealkylation sites (tertiary alicyclic amines) is 1. The van der Waals surface area contributed by atoms with Gasteiger partial charge in [0.1, 0.15) is 12.1 Å². The molecule has 1 fully saturated rings. The Bertz CT molecular complexity index is 1160. The van der Waals surface area contributed by atoms with E-state index in [1.807, 2.05) is 0 Å². The number of aliphatic hydroxyl groups is 1. The fraction of sp³-hybridized carbons (Fsp3) is 0.500. The number of allylic oxidation sites excluding steroid dienone is 1. The summed E-state index contributed by atoms with van der Waals surface area (Å²) >= 11 is 0. The monoisotopic (exact) mass is 515 g/mol. The van der Waals surface area contributed by atoms with Crippen LogP contribution in [-0.2, 0) is 40.7 Å². The summed E-state index contributed by atoms with van der Waals surface area (Å²) in [6.07, 6.45) is -0.926. The minimum atomic E-state index is -2.34. The molecule has 1 saturated heterocycles. The van der Waals surface area contributed by atoms with Gasteiger partial charge in [0.25, 0.3) is 5.91 Å². The van der Waals surface area contributed by atoms with E-state index in [2.05, 4.69) is 10.6 Å². The first kappa shape index (κ1) is 28.2. The maximum atomic E-state index is 14.2. The number of carboxylic acid groups (broad SMARTS) is 1. The van der Waals surface area contributed by atoms with E-state index in [-0.39, 0.29) is 18.4 Å². The molecule has 5 atom stereocenters. The molecular weight excluding hydrogens is 482 g/mol. The van der Waals surface area contributed by atoms with E-state index in [1.54, 1.807) is 38.1 Å². The topological polar surface area (TPSA) is 162 Å². The lowest BCUT2D eigenvalue weighted by atomic mass is 9.64. The van der Waals surface area contributed by atoms with E-state index in [4.69, 9.17) is 4.74 Å². The second-order valence-corrected chi connectivity index (χ2v) is 9.64. The number of carboxylic acids is 1. The fourth-order valence-corrected chi connectivity index (χ4v) is 5.64. The van der Waals surface area contributed by atoms with Crippen molar-refractivity contribution in [3.63, 3.8) is 0 Å². The van der Waals surface area contributed by atoms with Crippen LogP contribution in [0.4, 0.5) is 0 Å². The summed E-state index contributed by atoms with van der Waals surface area (Å²) in [4.78, 5) is 66.4. The van der Waals surface area contributed by atoms with Gasteiger partial charge in [-0.25, -0.2) is 0 Å². The molecule has 200 valence electrons. The number of likely N-dealkylation sites (N-methyl/N-ethyl adjacent to an activating group) is 2. The maximum absolute atomic E-state index is 14.2. The van der Waals surface area contributed by atoms with E-state index in [0.29, 0.717) is 11.1 Å². The van der Waals surface area contributed by atoms with Gasteiger partial charge < -0.3 is 25.6 Å². The van der Waals surface area contributed by atoms with Gasteiger partial charge in [0.2, 0.25) is 5.91 Å². The number of nitrogens with one attached hydrogen (secondary N) is 2. The van der Waals surface area contributed by atoms with E-state index in [1.165, 1.54) is 32.2 Å². The Labute approximate surface area is 214 Å². The predicted octanol–water partition coefficient (Wildman–Crippen LogP) is -0.302. The van der Waals surface area contributed by atoms with Crippen LogP contribution in [0.5, 0.6) is 0 Å². The smallest absolute Gasteiger partial charge is 0.303 e. The minimum absolute atomic E-state index is 0.213. The lowest BCUT2D eigenvalue weighted by Gasteiger charge is -2.47. The Hall–Kier alpha value is -3.41. The molecule has 1 aliphatic heterocycles. The molecule has 0 spiro atoms. The Morgan fingerprint density at radius 2 is 1.89 bits per heavy atom. The molecule has 0 radical (unpaired) electrons. The average Bonchev–Trinajstić information content (AvgIpc) is 3.05. The maximum Gasteiger partial charge on any atom is 0.303 e. The van der Waals surface area contributed by atoms with E-state index in [0.717, 1.165) is 0 Å². The number of nitrogens with zero attached hydrogens (tertiary/aromatic N) is 1. The molecule has 1 heterocycles. The average molecular weight is 516 g/mol. The third kappa shape index (κ3) is 4.36. The Morgan fingerprint density at radius 3 is 2.46 bits per heavy atom. The van der Waals surface area contributed by atoms with Crippen molar-refractivity contribution in [2.75, 3.05) is 21.2 Å². The Balaban J connectivity index is 2.22. The van der Waals surface area contributed by atoms with Crippen molar-refractivity contribution >= 4 is 29.4 Å². The summed E-state index contributed by atoms with van der Waals surface area (Å²) in [6.45, 7) is 3.35. The van der Waals surface area contributed by atoms with E-state index in [9.17, 15) is 34.2 Å². The summed E-state index contributed by atoms with van der Waals surface area (Å²) in [5.74, 6) is -4.01. The first-order valence-corrected chi connectivity index (χ1v) is 11.9. The molecule has 1 aliphatic carbocycles. The largest absolute Gasteiger partial charge is 0.481 e. The number of benzene rings is 1. The van der Waals surface area contributed by atoms with Crippen LogP contribution in [-0.4, -0.2) is 89.4 Å². The summed E-state index contributed by atoms with van der Waals surface area (Å²) in [7, 11) is 4.03. The zero-order valence-corrected chi connectivity index (χ0v) is 21.5. The normalized spacial score (nSPS) is 27.5. The van der Waals surface area contributed by atoms with Crippen molar-refractivity contribution in [1.82, 2.24) is 15.5 Å². The third-order valence-corrected chi connectivity index (χ3v) is 7.20. The highest BCUT2D eigenvalue weighted by molar-refractivity contribution is 6.16. The molecule has 2 aliphatic rings. The second kappa shape index (κ2) is 10.5. The SMILES string of the molecule is CNC(=O)C1C(OC)C2(O)c3ccccc3CC(=O)C2(C(=O)NC(CCC(=O)O)C(=O)C=C(C)C)N1C. The van der Waals surface area contributed by atoms with Gasteiger partial charge in [-0.2, -0.15) is 0 Å². The zero-order valence-electron chi connectivity index (χ0n) is 21.5. The van der Waals surface area contributed by atoms with Crippen LogP contribution >= 0.6 is 0 Å². The van der Waals surface area contributed by atoms with Crippen molar-refractivity contribution < 1.29 is 38.9 Å². The van der Waals surface area contributed by atoms with Crippen LogP contribution in [0, 0.1) is 0 Å². The van der Waals surface area contributed by atoms with Gasteiger partial charge in [-0.1, -0.05) is 29.8 Å². The molecule has 4 N–H and O–H groups in total. The molecule has 11 nitrogen and oxygen atoms in total. The van der Waals surface area contributed by atoms with Gasteiger partial charge >= 0.3 is 5.97 Å². The number of hydrogen-bond acceptors (Lipinski definition) is 8. The summed E-state index contributed by atoms with van der Waals surface area (Å²) in [5, 5.41) is 26.6. The second-order valence-electron chi connectivity index (χ2n) is 9.64. The number of aliphatic carboxylic acids is 1. The van der Waals surface area contributed by atoms with Crippen LogP contribution in [0.3, 0.4) is 0 Å². The highest BCUT2D eigenvalue weighted by Gasteiger charge is 2.77. The summed E-state index contributed by atoms with van der Waals surface area (Å²) in [5.41, 5.74) is -3.27. The number of carbonyl (C=O) groups excluding carboxylic acids is 4. The Kier molecular flexibility index (Phi) is 8.01. The van der Waals surface area contributed by atoms with Crippen LogP contribution in [0.2, 0.25) is 0 Å². The minimum Gasteiger partial charge on any atom is -0.481 e. The van der Waals surface area contributed by atoms with Gasteiger partial charge in [-0.15, -0.1) is 0 Å². The van der Waals surface area contributed by atoms with Crippen LogP contribution in [0.15, 0.2) is 35.9 Å². The van der Waals surface area contributed by atoms with Gasteiger partial charge in [0.15, 0.2) is 22.7 Å². The van der Waals surface area contributed by atoms with Crippen molar-refractivity contribution in [2.45, 2.75) is 62.4 Å². The number of methoxy groups -OCH3 is 1. The molecule has 0 aromatic heterocycles. The molecule has 0 saturated carbocycles. The summed E-state index contributed by atoms with van der Waals surface area (Å²) < 4.78 is 5.62. The number of hydrogen-bond donors (Lipinski definition) is 4. The first-order chi connectivity index (χ1) is 17.4. The van der Waals surface area contributed by atoms with Gasteiger partial charge in [-0.05, 0) is 44.5 Å². The van der Waals surface area contributed by atoms with Gasteiger partial charge in [0, 0.05) is 27.0 Å². The van der Waals surface area contributed by atoms with Crippen LogP contribution < -0.4 is 10.6 Å². The van der Waals surface area contributed by atoms with Gasteiger partial charge in [-0.3, -0.25) is 28.9 Å². The molecule has 2 amide bonds. The summed E-state index contributed by atoms with van der Waals surface area (Å²) in [6, 6.07) is 4.04. The first-order valence-electron chi connectivity index (χ1n) is 11.9. The molecule has 0 bridgehead atoms. The highest BCUT2D eigenvalue weighted by Crippen LogP contribution is 2.54. The lowest BCUT2D eigenvalue weighted by molar-refractivity contribution is -0.170. The van der Waals surface area contributed by atoms with Crippen molar-refractivity contribution in [2.24, 2.45) is 0 Å². The number of rotatable bonds is 9. The number of carbonyl (C=O) groups is 5. The van der Waals surface area contributed by atoms with Crippen LogP contribution in [0.25, 0.3) is 0 Å². The Morgan fingerprint density at radius 1 is 1.24 bits per heavy atom. The molecule has 37 heavy (non-hydrogen) atoms. The standard InChI is InChI=1S/C26H33N3O8/c1-14(2)12-18(30)17(10-11-20(32)33)28-24(35)25-19(31)13-15-8-6-7-9-16(15)26(25,36)22(37-5)21(29(25)4)23(34)27-3/h6-9,12,17,21-22,36H,10-11,13H2,1-5H3,(H,27,34)(H,28,35)(H,32,33). The number of ether oxygens (including phenoxy) is 1. The molecule has 11 heteroatoms. The molecule has 3 rings (SSSR count).